The lowest BCUT2D eigenvalue weighted by Crippen LogP contribution is -1.99. The Morgan fingerprint density at radius 1 is 1.33 bits per heavy atom. The number of hydrogen-bond donors (Lipinski definition) is 0. The van der Waals surface area contributed by atoms with E-state index in [4.69, 9.17) is 14.0 Å². The van der Waals surface area contributed by atoms with E-state index in [1.165, 1.54) is 11.3 Å². The first-order valence-corrected chi connectivity index (χ1v) is 9.43. The summed E-state index contributed by atoms with van der Waals surface area (Å²) in [5, 5.41) is 15.4. The summed E-state index contributed by atoms with van der Waals surface area (Å²) in [5.74, 6) is 1.95. The van der Waals surface area contributed by atoms with E-state index < -0.39 is 0 Å². The molecule has 0 fully saturated rings. The maximum atomic E-state index is 9.51. The van der Waals surface area contributed by atoms with E-state index in [2.05, 4.69) is 23.1 Å². The smallest absolute Gasteiger partial charge is 0.268 e. The van der Waals surface area contributed by atoms with Gasteiger partial charge in [0.2, 0.25) is 5.82 Å². The van der Waals surface area contributed by atoms with Gasteiger partial charge in [0, 0.05) is 0 Å². The first-order valence-electron chi connectivity index (χ1n) is 8.55. The summed E-state index contributed by atoms with van der Waals surface area (Å²) in [6.45, 7) is 2.75. The predicted octanol–water partition coefficient (Wildman–Crippen LogP) is 5.05. The fourth-order valence-corrected chi connectivity index (χ4v) is 3.02. The molecule has 0 unspecified atom stereocenters. The molecule has 0 aliphatic carbocycles. The van der Waals surface area contributed by atoms with E-state index in [-0.39, 0.29) is 11.5 Å². The molecule has 27 heavy (non-hydrogen) atoms. The van der Waals surface area contributed by atoms with Gasteiger partial charge in [-0.2, -0.15) is 10.2 Å². The largest absolute Gasteiger partial charge is 0.493 e. The van der Waals surface area contributed by atoms with E-state index in [0.29, 0.717) is 23.9 Å². The Hall–Kier alpha value is -3.11. The van der Waals surface area contributed by atoms with Crippen LogP contribution in [0.5, 0.6) is 11.5 Å². The Morgan fingerprint density at radius 2 is 2.22 bits per heavy atom. The molecule has 138 valence electrons. The van der Waals surface area contributed by atoms with Crippen LogP contribution in [0, 0.1) is 11.3 Å². The molecule has 0 radical (unpaired) electrons. The van der Waals surface area contributed by atoms with Crippen molar-refractivity contribution in [3.63, 3.8) is 0 Å². The number of thiophene rings is 1. The molecule has 7 heteroatoms. The fraction of sp³-hybridized carbons (Fsp3) is 0.250. The molecule has 2 heterocycles. The second-order valence-corrected chi connectivity index (χ2v) is 6.63. The highest BCUT2D eigenvalue weighted by Gasteiger charge is 2.14. The van der Waals surface area contributed by atoms with Crippen LogP contribution in [0.2, 0.25) is 0 Å². The molecular weight excluding hydrogens is 362 g/mol. The minimum absolute atomic E-state index is 0.183. The summed E-state index contributed by atoms with van der Waals surface area (Å²) >= 11 is 1.51. The lowest BCUT2D eigenvalue weighted by molar-refractivity contribution is 0.288. The third kappa shape index (κ3) is 4.54. The van der Waals surface area contributed by atoms with Gasteiger partial charge >= 0.3 is 0 Å². The van der Waals surface area contributed by atoms with Gasteiger partial charge in [-0.25, -0.2) is 0 Å². The molecule has 6 nitrogen and oxygen atoms in total. The number of benzene rings is 1. The zero-order valence-electron chi connectivity index (χ0n) is 15.1. The lowest BCUT2D eigenvalue weighted by atomic mass is 10.1. The molecule has 0 N–H and O–H groups in total. The average Bonchev–Trinajstić information content (AvgIpc) is 3.38. The minimum Gasteiger partial charge on any atom is -0.493 e. The summed E-state index contributed by atoms with van der Waals surface area (Å²) in [4.78, 5) is 5.20. The Bertz CT molecular complexity index is 955. The predicted molar refractivity (Wildman–Crippen MR) is 104 cm³/mol. The van der Waals surface area contributed by atoms with Crippen LogP contribution in [0.25, 0.3) is 22.4 Å². The van der Waals surface area contributed by atoms with Crippen LogP contribution in [0.15, 0.2) is 40.2 Å². The number of nitrogens with zero attached hydrogens (tertiary/aromatic N) is 3. The number of ether oxygens (including phenoxy) is 2. The average molecular weight is 381 g/mol. The van der Waals surface area contributed by atoms with Gasteiger partial charge in [0.25, 0.3) is 5.89 Å². The molecule has 0 saturated carbocycles. The van der Waals surface area contributed by atoms with Crippen molar-refractivity contribution in [1.82, 2.24) is 10.1 Å². The highest BCUT2D eigenvalue weighted by molar-refractivity contribution is 7.13. The number of unbranched alkanes of at least 4 members (excludes halogenated alkanes) is 1. The van der Waals surface area contributed by atoms with Crippen molar-refractivity contribution >= 4 is 23.0 Å². The van der Waals surface area contributed by atoms with Crippen molar-refractivity contribution in [2.24, 2.45) is 0 Å². The number of aromatic nitrogens is 2. The van der Waals surface area contributed by atoms with Crippen molar-refractivity contribution in [2.75, 3.05) is 13.7 Å². The number of methoxy groups -OCH3 is 1. The molecular formula is C20H19N3O3S. The minimum atomic E-state index is 0.183. The molecule has 0 saturated heterocycles. The van der Waals surface area contributed by atoms with Crippen molar-refractivity contribution in [1.29, 1.82) is 5.26 Å². The normalized spacial score (nSPS) is 11.2. The van der Waals surface area contributed by atoms with Crippen LogP contribution in [0.1, 0.15) is 31.2 Å². The Labute approximate surface area is 161 Å². The van der Waals surface area contributed by atoms with Gasteiger partial charge in [0.15, 0.2) is 11.5 Å². The van der Waals surface area contributed by atoms with Gasteiger partial charge in [-0.3, -0.25) is 0 Å². The van der Waals surface area contributed by atoms with Crippen LogP contribution in [-0.4, -0.2) is 23.9 Å². The third-order valence-electron chi connectivity index (χ3n) is 3.77. The van der Waals surface area contributed by atoms with Gasteiger partial charge in [0.1, 0.15) is 11.6 Å². The lowest BCUT2D eigenvalue weighted by Gasteiger charge is -2.11. The summed E-state index contributed by atoms with van der Waals surface area (Å²) in [6.07, 6.45) is 3.73. The third-order valence-corrected chi connectivity index (χ3v) is 4.64. The van der Waals surface area contributed by atoms with E-state index in [0.717, 1.165) is 23.3 Å². The van der Waals surface area contributed by atoms with E-state index >= 15 is 0 Å². The van der Waals surface area contributed by atoms with Crippen LogP contribution >= 0.6 is 11.3 Å². The standard InChI is InChI=1S/C20H19N3O3S/c1-3-4-9-25-16-8-7-14(12-17(16)24-2)11-15(13-21)20-22-19(23-26-20)18-6-5-10-27-18/h5-8,10-12H,3-4,9H2,1-2H3/b15-11+. The Morgan fingerprint density at radius 3 is 2.93 bits per heavy atom. The fourth-order valence-electron chi connectivity index (χ4n) is 2.37. The van der Waals surface area contributed by atoms with Crippen LogP contribution in [0.4, 0.5) is 0 Å². The van der Waals surface area contributed by atoms with Crippen molar-refractivity contribution in [2.45, 2.75) is 19.8 Å². The van der Waals surface area contributed by atoms with Crippen LogP contribution in [-0.2, 0) is 0 Å². The number of rotatable bonds is 8. The van der Waals surface area contributed by atoms with E-state index in [9.17, 15) is 5.26 Å². The summed E-state index contributed by atoms with van der Waals surface area (Å²) in [5.41, 5.74) is 1.06. The molecule has 0 amide bonds. The quantitative estimate of drug-likeness (QED) is 0.401. The molecule has 0 spiro atoms. The van der Waals surface area contributed by atoms with Gasteiger partial charge in [-0.15, -0.1) is 11.3 Å². The second-order valence-electron chi connectivity index (χ2n) is 5.68. The maximum absolute atomic E-state index is 9.51. The Kier molecular flexibility index (Phi) is 6.23. The van der Waals surface area contributed by atoms with Crippen molar-refractivity contribution < 1.29 is 14.0 Å². The van der Waals surface area contributed by atoms with E-state index in [1.807, 2.05) is 35.7 Å². The maximum Gasteiger partial charge on any atom is 0.268 e. The molecule has 1 aromatic carbocycles. The highest BCUT2D eigenvalue weighted by Crippen LogP contribution is 2.30. The van der Waals surface area contributed by atoms with Gasteiger partial charge in [-0.05, 0) is 41.6 Å². The molecule has 3 rings (SSSR count). The molecule has 0 atom stereocenters. The summed E-state index contributed by atoms with van der Waals surface area (Å²) in [7, 11) is 1.59. The molecule has 0 aliphatic rings. The van der Waals surface area contributed by atoms with E-state index in [1.54, 1.807) is 13.2 Å². The molecule has 3 aromatic rings. The molecule has 2 aromatic heterocycles. The SMILES string of the molecule is CCCCOc1ccc(/C=C(\C#N)c2nc(-c3cccs3)no2)cc1OC. The second kappa shape index (κ2) is 9.01. The zero-order chi connectivity index (χ0) is 19.1. The monoisotopic (exact) mass is 381 g/mol. The van der Waals surface area contributed by atoms with Gasteiger partial charge < -0.3 is 14.0 Å². The van der Waals surface area contributed by atoms with Gasteiger partial charge in [-0.1, -0.05) is 30.6 Å². The van der Waals surface area contributed by atoms with Gasteiger partial charge in [0.05, 0.1) is 18.6 Å². The Balaban J connectivity index is 1.84. The highest BCUT2D eigenvalue weighted by atomic mass is 32.1. The summed E-state index contributed by atoms with van der Waals surface area (Å²) in [6, 6.07) is 11.4. The van der Waals surface area contributed by atoms with Crippen LogP contribution in [0.3, 0.4) is 0 Å². The number of hydrogen-bond acceptors (Lipinski definition) is 7. The zero-order valence-corrected chi connectivity index (χ0v) is 16.0. The number of allylic oxidation sites excluding steroid dienone is 1. The molecule has 0 aliphatic heterocycles. The number of nitriles is 1. The summed E-state index contributed by atoms with van der Waals surface area (Å²) < 4.78 is 16.4. The first-order chi connectivity index (χ1) is 13.2. The topological polar surface area (TPSA) is 81.2 Å². The van der Waals surface area contributed by atoms with Crippen molar-refractivity contribution in [3.05, 3.63) is 47.2 Å². The van der Waals surface area contributed by atoms with Crippen LogP contribution < -0.4 is 9.47 Å². The van der Waals surface area contributed by atoms with Crippen molar-refractivity contribution in [3.8, 4) is 28.3 Å². The molecule has 0 bridgehead atoms. The first kappa shape index (κ1) is 18.7.